The molecule has 292 valence electrons. The van der Waals surface area contributed by atoms with Crippen LogP contribution in [0.4, 0.5) is 27.5 Å². The van der Waals surface area contributed by atoms with E-state index in [0.29, 0.717) is 0 Å². The summed E-state index contributed by atoms with van der Waals surface area (Å²) in [5.41, 5.74) is 0.258. The molecule has 0 heterocycles. The number of carbonyl (C=O) groups is 1. The van der Waals surface area contributed by atoms with Crippen molar-refractivity contribution in [3.63, 3.8) is 0 Å². The number of phenols is 2. The smallest absolute Gasteiger partial charge is 0.323 e. The predicted molar refractivity (Wildman–Crippen MR) is 207 cm³/mol. The van der Waals surface area contributed by atoms with Gasteiger partial charge in [-0.15, -0.1) is 0 Å². The zero-order valence-corrected chi connectivity index (χ0v) is 32.1. The Morgan fingerprint density at radius 2 is 0.857 bits per heavy atom. The molecule has 0 aliphatic carbocycles. The van der Waals surface area contributed by atoms with Crippen molar-refractivity contribution in [2.45, 2.75) is 33.4 Å². The Balaban J connectivity index is 1.24. The number of fused-ring (bicyclic) bond motifs is 2. The number of nitrogens with one attached hydrogen (secondary N) is 4. The summed E-state index contributed by atoms with van der Waals surface area (Å²) < 4.78 is 126. The van der Waals surface area contributed by atoms with Crippen LogP contribution in [0.5, 0.6) is 11.5 Å². The van der Waals surface area contributed by atoms with E-state index in [1.165, 1.54) is 74.5 Å². The molecule has 6 rings (SSSR count). The lowest BCUT2D eigenvalue weighted by molar-refractivity contribution is 0.262. The topological polar surface area (TPSA) is 283 Å². The summed E-state index contributed by atoms with van der Waals surface area (Å²) >= 11 is 0. The largest absolute Gasteiger partial charge is 0.508 e. The maximum absolute atomic E-state index is 13.6. The molecule has 6 aromatic rings. The number of hydrogen-bond donors (Lipinski definition) is 8. The van der Waals surface area contributed by atoms with E-state index in [4.69, 9.17) is 0 Å². The first kappa shape index (κ1) is 39.7. The van der Waals surface area contributed by atoms with Gasteiger partial charge in [0.1, 0.15) is 21.3 Å². The first-order chi connectivity index (χ1) is 26.0. The number of anilines is 4. The number of hydrogen-bond acceptors (Lipinski definition) is 11. The van der Waals surface area contributed by atoms with Crippen LogP contribution in [-0.4, -0.2) is 59.0 Å². The highest BCUT2D eigenvalue weighted by Gasteiger charge is 2.24. The van der Waals surface area contributed by atoms with Crippen molar-refractivity contribution in [3.8, 4) is 11.5 Å². The van der Waals surface area contributed by atoms with Gasteiger partial charge in [0.2, 0.25) is 0 Å². The molecule has 0 atom stereocenters. The lowest BCUT2D eigenvalue weighted by atomic mass is 10.1. The first-order valence-electron chi connectivity index (χ1n) is 15.8. The molecule has 0 spiro atoms. The molecular weight excluding hydrogens is 813 g/mol. The molecule has 17 nitrogen and oxygen atoms in total. The van der Waals surface area contributed by atoms with Crippen LogP contribution in [-0.2, 0) is 40.3 Å². The number of aromatic hydroxyl groups is 2. The molecule has 0 saturated heterocycles. The number of rotatable bonds is 10. The summed E-state index contributed by atoms with van der Waals surface area (Å²) in [6.45, 7) is 2.97. The third kappa shape index (κ3) is 8.17. The molecule has 0 aliphatic rings. The van der Waals surface area contributed by atoms with Crippen molar-refractivity contribution in [1.29, 1.82) is 0 Å². The van der Waals surface area contributed by atoms with Crippen molar-refractivity contribution in [2.24, 2.45) is 0 Å². The maximum atomic E-state index is 13.6. The molecule has 56 heavy (non-hydrogen) atoms. The highest BCUT2D eigenvalue weighted by molar-refractivity contribution is 7.93. The molecule has 0 fully saturated rings. The van der Waals surface area contributed by atoms with Gasteiger partial charge in [0, 0.05) is 45.1 Å². The number of amides is 2. The highest BCUT2D eigenvalue weighted by Crippen LogP contribution is 2.36. The van der Waals surface area contributed by atoms with Gasteiger partial charge < -0.3 is 20.8 Å². The van der Waals surface area contributed by atoms with E-state index in [1.807, 2.05) is 0 Å². The maximum Gasteiger partial charge on any atom is 0.323 e. The number of benzene rings is 6. The van der Waals surface area contributed by atoms with Crippen molar-refractivity contribution >= 4 is 90.6 Å². The highest BCUT2D eigenvalue weighted by atomic mass is 32.2. The number of urea groups is 1. The summed E-state index contributed by atoms with van der Waals surface area (Å²) in [6, 6.07) is 18.9. The Labute approximate surface area is 320 Å². The summed E-state index contributed by atoms with van der Waals surface area (Å²) in [5, 5.41) is 25.0. The molecular formula is C35H30N4O13S4. The van der Waals surface area contributed by atoms with Crippen molar-refractivity contribution in [2.75, 3.05) is 20.1 Å². The second-order valence-electron chi connectivity index (χ2n) is 12.4. The van der Waals surface area contributed by atoms with Crippen LogP contribution in [0.15, 0.2) is 117 Å². The van der Waals surface area contributed by atoms with Gasteiger partial charge in [-0.05, 0) is 73.5 Å². The van der Waals surface area contributed by atoms with Crippen LogP contribution < -0.4 is 20.1 Å². The van der Waals surface area contributed by atoms with Gasteiger partial charge >= 0.3 is 6.03 Å². The normalized spacial score (nSPS) is 12.4. The Kier molecular flexibility index (Phi) is 10.1. The summed E-state index contributed by atoms with van der Waals surface area (Å²) in [7, 11) is -18.5. The lowest BCUT2D eigenvalue weighted by Gasteiger charge is -2.16. The molecule has 0 bridgehead atoms. The second-order valence-corrected chi connectivity index (χ2v) is 18.5. The van der Waals surface area contributed by atoms with Crippen LogP contribution in [0.25, 0.3) is 21.5 Å². The van der Waals surface area contributed by atoms with Crippen LogP contribution in [0.1, 0.15) is 11.1 Å². The summed E-state index contributed by atoms with van der Waals surface area (Å²) in [6.07, 6.45) is 0. The number of aryl methyl sites for hydroxylation is 2. The Bertz CT molecular complexity index is 2880. The second kappa shape index (κ2) is 14.3. The van der Waals surface area contributed by atoms with Gasteiger partial charge in [0.15, 0.2) is 0 Å². The zero-order chi connectivity index (χ0) is 41.0. The van der Waals surface area contributed by atoms with Gasteiger partial charge in [-0.25, -0.2) is 21.6 Å². The van der Waals surface area contributed by atoms with E-state index in [0.717, 1.165) is 36.4 Å². The van der Waals surface area contributed by atoms with Gasteiger partial charge in [0.25, 0.3) is 40.3 Å². The summed E-state index contributed by atoms with van der Waals surface area (Å²) in [5.74, 6) is -1.11. The molecule has 0 unspecified atom stereocenters. The molecule has 0 radical (unpaired) electrons. The Morgan fingerprint density at radius 1 is 0.482 bits per heavy atom. The zero-order valence-electron chi connectivity index (χ0n) is 28.8. The minimum Gasteiger partial charge on any atom is -0.508 e. The first-order valence-corrected chi connectivity index (χ1v) is 21.7. The van der Waals surface area contributed by atoms with Gasteiger partial charge in [0.05, 0.1) is 21.2 Å². The van der Waals surface area contributed by atoms with E-state index in [-0.39, 0.29) is 65.2 Å². The van der Waals surface area contributed by atoms with Crippen molar-refractivity contribution < 1.29 is 57.8 Å². The average molecular weight is 843 g/mol. The monoisotopic (exact) mass is 842 g/mol. The standard InChI is InChI=1S/C35H30N4O13S4/c1-19-9-11-21(13-31(19)53(43,44)38-29-7-3-5-25-27(29)15-23(40)17-33(25)55(47,48)49)36-35(42)37-22-12-10-20(2)32(14-22)54(45,46)39-30-8-4-6-26-28(30)16-24(41)18-34(26)56(50,51)52/h3-18,38-41H,1-2H3,(H2,36,37,42)(H,47,48,49)(H,50,51,52). The molecule has 2 amide bonds. The third-order valence-corrected chi connectivity index (χ3v) is 13.2. The molecule has 21 heteroatoms. The predicted octanol–water partition coefficient (Wildman–Crippen LogP) is 5.76. The van der Waals surface area contributed by atoms with Gasteiger partial charge in [-0.2, -0.15) is 16.8 Å². The van der Waals surface area contributed by atoms with Crippen LogP contribution in [0.2, 0.25) is 0 Å². The minimum absolute atomic E-state index is 0.00259. The van der Waals surface area contributed by atoms with E-state index in [9.17, 15) is 57.8 Å². The van der Waals surface area contributed by atoms with Crippen LogP contribution in [0.3, 0.4) is 0 Å². The average Bonchev–Trinajstić information content (AvgIpc) is 3.08. The summed E-state index contributed by atoms with van der Waals surface area (Å²) in [4.78, 5) is 11.2. The fraction of sp³-hybridized carbons (Fsp3) is 0.0571. The third-order valence-electron chi connectivity index (χ3n) is 8.40. The lowest BCUT2D eigenvalue weighted by Crippen LogP contribution is -2.21. The molecule has 0 saturated carbocycles. The van der Waals surface area contributed by atoms with Gasteiger partial charge in [-0.3, -0.25) is 18.5 Å². The fourth-order valence-electron chi connectivity index (χ4n) is 5.91. The van der Waals surface area contributed by atoms with E-state index < -0.39 is 67.6 Å². The van der Waals surface area contributed by atoms with E-state index >= 15 is 0 Å². The Hall–Kier alpha value is -5.97. The molecule has 6 aromatic carbocycles. The van der Waals surface area contributed by atoms with Crippen LogP contribution in [0, 0.1) is 13.8 Å². The quantitative estimate of drug-likeness (QED) is 0.0763. The van der Waals surface area contributed by atoms with E-state index in [2.05, 4.69) is 20.1 Å². The molecule has 8 N–H and O–H groups in total. The molecule has 0 aromatic heterocycles. The fourth-order valence-corrected chi connectivity index (χ4v) is 10.1. The number of sulfonamides is 2. The van der Waals surface area contributed by atoms with E-state index in [1.54, 1.807) is 0 Å². The SMILES string of the molecule is Cc1ccc(NC(=O)Nc2ccc(C)c(S(=O)(=O)Nc3cccc4c(S(=O)(=O)O)cc(O)cc34)c2)cc1S(=O)(=O)Nc1cccc2c(S(=O)(=O)O)cc(O)cc12. The minimum atomic E-state index is -4.80. The molecule has 0 aliphatic heterocycles. The number of phenolic OH excluding ortho intramolecular Hbond substituents is 2. The Morgan fingerprint density at radius 3 is 1.21 bits per heavy atom. The van der Waals surface area contributed by atoms with Gasteiger partial charge in [-0.1, -0.05) is 36.4 Å². The van der Waals surface area contributed by atoms with Crippen LogP contribution >= 0.6 is 0 Å². The van der Waals surface area contributed by atoms with Crippen molar-refractivity contribution in [3.05, 3.63) is 108 Å². The van der Waals surface area contributed by atoms with Crippen molar-refractivity contribution in [1.82, 2.24) is 0 Å². The number of carbonyl (C=O) groups excluding carboxylic acids is 1.